The molecule has 2 heterocycles. The Kier molecular flexibility index (Phi) is 7.22. The number of allylic oxidation sites excluding steroid dienone is 1. The smallest absolute Gasteiger partial charge is 0.266 e. The van der Waals surface area contributed by atoms with E-state index < -0.39 is 0 Å². The summed E-state index contributed by atoms with van der Waals surface area (Å²) < 4.78 is 5.19. The largest absolute Gasteiger partial charge is 0.385 e. The maximum atomic E-state index is 13.4. The zero-order valence-corrected chi connectivity index (χ0v) is 21.8. The fourth-order valence-electron chi connectivity index (χ4n) is 4.21. The first-order valence-electron chi connectivity index (χ1n) is 11.3. The molecule has 0 aromatic heterocycles. The minimum absolute atomic E-state index is 0.0601. The first kappa shape index (κ1) is 24.6. The number of carbonyl (C=O) groups is 1. The van der Waals surface area contributed by atoms with Gasteiger partial charge in [0.15, 0.2) is 5.17 Å². The van der Waals surface area contributed by atoms with Crippen LogP contribution in [0.15, 0.2) is 58.4 Å². The predicted molar refractivity (Wildman–Crippen MR) is 145 cm³/mol. The van der Waals surface area contributed by atoms with Crippen molar-refractivity contribution in [3.05, 3.63) is 69.6 Å². The van der Waals surface area contributed by atoms with Gasteiger partial charge in [-0.2, -0.15) is 0 Å². The number of carbonyl (C=O) groups excluding carboxylic acids is 1. The van der Waals surface area contributed by atoms with Crippen LogP contribution < -0.4 is 4.90 Å². The van der Waals surface area contributed by atoms with Crippen molar-refractivity contribution in [1.82, 2.24) is 4.90 Å². The summed E-state index contributed by atoms with van der Waals surface area (Å²) in [5, 5.41) is 1.29. The molecule has 0 atom stereocenters. The van der Waals surface area contributed by atoms with Gasteiger partial charge in [-0.3, -0.25) is 9.69 Å². The third-order valence-corrected chi connectivity index (χ3v) is 7.56. The summed E-state index contributed by atoms with van der Waals surface area (Å²) in [5.74, 6) is -0.0601. The van der Waals surface area contributed by atoms with E-state index >= 15 is 0 Å². The van der Waals surface area contributed by atoms with Crippen LogP contribution in [0.25, 0.3) is 11.6 Å². The van der Waals surface area contributed by atoms with Gasteiger partial charge in [0.05, 0.1) is 16.1 Å². The van der Waals surface area contributed by atoms with Crippen LogP contribution in [0.4, 0.5) is 11.4 Å². The molecule has 4 rings (SSSR count). The van der Waals surface area contributed by atoms with E-state index in [1.54, 1.807) is 12.0 Å². The third kappa shape index (κ3) is 4.95. The Bertz CT molecular complexity index is 1190. The molecule has 0 unspecified atom stereocenters. The highest BCUT2D eigenvalue weighted by molar-refractivity contribution is 8.18. The summed E-state index contributed by atoms with van der Waals surface area (Å²) in [6, 6.07) is 13.8. The fourth-order valence-corrected chi connectivity index (χ4v) is 5.44. The van der Waals surface area contributed by atoms with Gasteiger partial charge in [-0.05, 0) is 80.4 Å². The normalized spacial score (nSPS) is 19.7. The van der Waals surface area contributed by atoms with Crippen molar-refractivity contribution in [1.29, 1.82) is 0 Å². The van der Waals surface area contributed by atoms with Crippen LogP contribution in [0.2, 0.25) is 5.02 Å². The number of hydrogen-bond acceptors (Lipinski definition) is 5. The quantitative estimate of drug-likeness (QED) is 0.334. The SMILES string of the molecule is COCCCN1C(=O)/C(=C/c2cc3c(cc2Cl)N(C)C(C)(C)C=C3C)SC1=Nc1ccccc1. The lowest BCUT2D eigenvalue weighted by Gasteiger charge is -2.40. The molecule has 2 aliphatic heterocycles. The molecular formula is C27H30ClN3O2S. The average Bonchev–Trinajstić information content (AvgIpc) is 3.08. The molecule has 1 fully saturated rings. The van der Waals surface area contributed by atoms with Gasteiger partial charge in [0, 0.05) is 43.6 Å². The van der Waals surface area contributed by atoms with Crippen LogP contribution in [0.3, 0.4) is 0 Å². The molecule has 34 heavy (non-hydrogen) atoms. The Morgan fingerprint density at radius 1 is 1.21 bits per heavy atom. The summed E-state index contributed by atoms with van der Waals surface area (Å²) >= 11 is 8.11. The lowest BCUT2D eigenvalue weighted by molar-refractivity contribution is -0.122. The summed E-state index contributed by atoms with van der Waals surface area (Å²) in [5.41, 5.74) is 4.97. The second-order valence-electron chi connectivity index (χ2n) is 9.07. The number of rotatable bonds is 6. The Hall–Kier alpha value is -2.54. The van der Waals surface area contributed by atoms with E-state index in [2.05, 4.69) is 44.9 Å². The van der Waals surface area contributed by atoms with Gasteiger partial charge in [0.25, 0.3) is 5.91 Å². The average molecular weight is 496 g/mol. The van der Waals surface area contributed by atoms with Crippen LogP contribution in [0.5, 0.6) is 0 Å². The van der Waals surface area contributed by atoms with Gasteiger partial charge in [-0.25, -0.2) is 4.99 Å². The fraction of sp³-hybridized carbons (Fsp3) is 0.333. The van der Waals surface area contributed by atoms with E-state index in [9.17, 15) is 4.79 Å². The van der Waals surface area contributed by atoms with Crippen molar-refractivity contribution >= 4 is 57.5 Å². The zero-order chi connectivity index (χ0) is 24.5. The number of ether oxygens (including phenoxy) is 1. The number of amidine groups is 1. The number of likely N-dealkylation sites (N-methyl/N-ethyl adjacent to an activating group) is 1. The number of halogens is 1. The summed E-state index contributed by atoms with van der Waals surface area (Å²) in [6.45, 7) is 7.61. The molecule has 2 aromatic carbocycles. The van der Waals surface area contributed by atoms with E-state index in [1.807, 2.05) is 42.5 Å². The van der Waals surface area contributed by atoms with Crippen LogP contribution in [0, 0.1) is 0 Å². The zero-order valence-electron chi connectivity index (χ0n) is 20.3. The molecule has 178 valence electrons. The maximum absolute atomic E-state index is 13.4. The highest BCUT2D eigenvalue weighted by atomic mass is 35.5. The van der Waals surface area contributed by atoms with Gasteiger partial charge in [0.2, 0.25) is 0 Å². The Morgan fingerprint density at radius 3 is 2.65 bits per heavy atom. The van der Waals surface area contributed by atoms with E-state index in [0.29, 0.717) is 28.2 Å². The molecule has 0 saturated carbocycles. The van der Waals surface area contributed by atoms with Crippen LogP contribution in [-0.4, -0.2) is 48.8 Å². The molecular weight excluding hydrogens is 466 g/mol. The third-order valence-electron chi connectivity index (χ3n) is 6.22. The Morgan fingerprint density at radius 2 is 1.94 bits per heavy atom. The number of thioether (sulfide) groups is 1. The molecule has 0 aliphatic carbocycles. The summed E-state index contributed by atoms with van der Waals surface area (Å²) in [7, 11) is 3.74. The Balaban J connectivity index is 1.71. The molecule has 1 amide bonds. The van der Waals surface area contributed by atoms with Crippen molar-refractivity contribution in [2.45, 2.75) is 32.7 Å². The first-order valence-corrected chi connectivity index (χ1v) is 12.5. The van der Waals surface area contributed by atoms with Crippen LogP contribution in [-0.2, 0) is 9.53 Å². The van der Waals surface area contributed by atoms with Crippen LogP contribution in [0.1, 0.15) is 38.3 Å². The molecule has 1 saturated heterocycles. The van der Waals surface area contributed by atoms with Crippen molar-refractivity contribution < 1.29 is 9.53 Å². The second-order valence-corrected chi connectivity index (χ2v) is 10.5. The molecule has 0 spiro atoms. The summed E-state index contributed by atoms with van der Waals surface area (Å²) in [4.78, 5) is 22.7. The van der Waals surface area contributed by atoms with E-state index in [-0.39, 0.29) is 11.4 Å². The maximum Gasteiger partial charge on any atom is 0.266 e. The molecule has 0 radical (unpaired) electrons. The van der Waals surface area contributed by atoms with E-state index in [4.69, 9.17) is 21.3 Å². The van der Waals surface area contributed by atoms with E-state index in [1.165, 1.54) is 17.3 Å². The van der Waals surface area contributed by atoms with E-state index in [0.717, 1.165) is 28.9 Å². The number of aliphatic imine (C=N–C) groups is 1. The molecule has 2 aromatic rings. The van der Waals surface area contributed by atoms with Gasteiger partial charge >= 0.3 is 0 Å². The number of benzene rings is 2. The second kappa shape index (κ2) is 9.98. The van der Waals surface area contributed by atoms with Gasteiger partial charge in [-0.15, -0.1) is 0 Å². The number of nitrogens with zero attached hydrogens (tertiary/aromatic N) is 3. The standard InChI is InChI=1S/C27H30ClN3O2S/c1-18-17-27(2,3)30(4)23-16-22(28)19(14-21(18)23)15-24-25(32)31(12-9-13-33-5)26(34-24)29-20-10-7-6-8-11-20/h6-8,10-11,14-17H,9,12-13H2,1-5H3/b24-15-,29-26?. The van der Waals surface area contributed by atoms with Gasteiger partial charge < -0.3 is 9.64 Å². The molecule has 0 N–H and O–H groups in total. The predicted octanol–water partition coefficient (Wildman–Crippen LogP) is 6.61. The number of hydrogen-bond donors (Lipinski definition) is 0. The molecule has 2 aliphatic rings. The lowest BCUT2D eigenvalue weighted by atomic mass is 9.88. The number of anilines is 1. The number of para-hydroxylation sites is 1. The van der Waals surface area contributed by atoms with Crippen molar-refractivity contribution in [2.75, 3.05) is 32.2 Å². The Labute approximate surface area is 211 Å². The molecule has 5 nitrogen and oxygen atoms in total. The molecule has 7 heteroatoms. The lowest BCUT2D eigenvalue weighted by Crippen LogP contribution is -2.42. The van der Waals surface area contributed by atoms with Crippen molar-refractivity contribution in [2.24, 2.45) is 4.99 Å². The van der Waals surface area contributed by atoms with Crippen LogP contribution >= 0.6 is 23.4 Å². The highest BCUT2D eigenvalue weighted by Crippen LogP contribution is 2.42. The molecule has 0 bridgehead atoms. The minimum Gasteiger partial charge on any atom is -0.385 e. The van der Waals surface area contributed by atoms with Gasteiger partial charge in [-0.1, -0.05) is 35.9 Å². The number of methoxy groups -OCH3 is 1. The number of fused-ring (bicyclic) bond motifs is 1. The number of amides is 1. The highest BCUT2D eigenvalue weighted by Gasteiger charge is 2.34. The van der Waals surface area contributed by atoms with Crippen molar-refractivity contribution in [3.8, 4) is 0 Å². The topological polar surface area (TPSA) is 45.1 Å². The monoisotopic (exact) mass is 495 g/mol. The first-order chi connectivity index (χ1) is 16.2. The van der Waals surface area contributed by atoms with Gasteiger partial charge in [0.1, 0.15) is 0 Å². The minimum atomic E-state index is -0.0941. The summed E-state index contributed by atoms with van der Waals surface area (Å²) in [6.07, 6.45) is 4.88. The van der Waals surface area contributed by atoms with Crippen molar-refractivity contribution in [3.63, 3.8) is 0 Å².